The van der Waals surface area contributed by atoms with Crippen LogP contribution in [0.25, 0.3) is 10.2 Å². The SMILES string of the molecule is O=C(c1ccc(N2C(=O)CCC2=O)cc1)N(CCN1CCOCC1)c1nc2c(F)cccc2s1. The maximum atomic E-state index is 14.3. The van der Waals surface area contributed by atoms with Crippen LogP contribution >= 0.6 is 11.3 Å². The number of thiazole rings is 1. The van der Waals surface area contributed by atoms with Gasteiger partial charge in [0, 0.05) is 44.6 Å². The van der Waals surface area contributed by atoms with Crippen molar-refractivity contribution < 1.29 is 23.5 Å². The molecule has 0 bridgehead atoms. The Kier molecular flexibility index (Phi) is 6.36. The second-order valence-corrected chi connectivity index (χ2v) is 9.17. The molecule has 176 valence electrons. The number of halogens is 1. The normalized spacial score (nSPS) is 17.0. The van der Waals surface area contributed by atoms with Crippen molar-refractivity contribution in [2.45, 2.75) is 12.8 Å². The minimum absolute atomic E-state index is 0.197. The minimum Gasteiger partial charge on any atom is -0.379 e. The van der Waals surface area contributed by atoms with E-state index in [1.165, 1.54) is 17.4 Å². The summed E-state index contributed by atoms with van der Waals surface area (Å²) in [5.74, 6) is -1.19. The van der Waals surface area contributed by atoms with Gasteiger partial charge >= 0.3 is 0 Å². The summed E-state index contributed by atoms with van der Waals surface area (Å²) < 4.78 is 20.3. The monoisotopic (exact) mass is 482 g/mol. The fourth-order valence-corrected chi connectivity index (χ4v) is 5.15. The van der Waals surface area contributed by atoms with Crippen molar-refractivity contribution in [2.24, 2.45) is 0 Å². The molecular weight excluding hydrogens is 459 g/mol. The molecule has 3 amide bonds. The highest BCUT2D eigenvalue weighted by Gasteiger charge is 2.30. The number of imide groups is 1. The Morgan fingerprint density at radius 2 is 1.76 bits per heavy atom. The first-order valence-electron chi connectivity index (χ1n) is 11.1. The zero-order chi connectivity index (χ0) is 23.7. The molecule has 2 fully saturated rings. The zero-order valence-corrected chi connectivity index (χ0v) is 19.2. The third-order valence-corrected chi connectivity index (χ3v) is 7.05. The number of rotatable bonds is 6. The number of amides is 3. The van der Waals surface area contributed by atoms with Gasteiger partial charge in [-0.3, -0.25) is 29.1 Å². The second kappa shape index (κ2) is 9.57. The number of morpholine rings is 1. The molecule has 2 aliphatic heterocycles. The molecule has 0 atom stereocenters. The third kappa shape index (κ3) is 4.44. The van der Waals surface area contributed by atoms with Crippen LogP contribution in [0.1, 0.15) is 23.2 Å². The van der Waals surface area contributed by atoms with Crippen LogP contribution in [0.4, 0.5) is 15.2 Å². The van der Waals surface area contributed by atoms with E-state index >= 15 is 0 Å². The van der Waals surface area contributed by atoms with Crippen LogP contribution in [0, 0.1) is 5.82 Å². The van der Waals surface area contributed by atoms with E-state index in [0.717, 1.165) is 18.0 Å². The van der Waals surface area contributed by atoms with E-state index in [0.29, 0.717) is 47.4 Å². The van der Waals surface area contributed by atoms with E-state index in [1.54, 1.807) is 41.3 Å². The number of para-hydroxylation sites is 1. The van der Waals surface area contributed by atoms with Crippen LogP contribution in [0.3, 0.4) is 0 Å². The number of carbonyl (C=O) groups is 3. The lowest BCUT2D eigenvalue weighted by Gasteiger charge is -2.29. The van der Waals surface area contributed by atoms with Crippen molar-refractivity contribution in [3.63, 3.8) is 0 Å². The maximum Gasteiger partial charge on any atom is 0.260 e. The van der Waals surface area contributed by atoms with Gasteiger partial charge in [-0.15, -0.1) is 0 Å². The van der Waals surface area contributed by atoms with Crippen LogP contribution in [-0.4, -0.2) is 67.0 Å². The zero-order valence-electron chi connectivity index (χ0n) is 18.4. The number of benzene rings is 2. The Labute approximate surface area is 199 Å². The predicted octanol–water partition coefficient (Wildman–Crippen LogP) is 3.07. The summed E-state index contributed by atoms with van der Waals surface area (Å²) in [5.41, 5.74) is 1.09. The van der Waals surface area contributed by atoms with Gasteiger partial charge in [0.25, 0.3) is 5.91 Å². The van der Waals surface area contributed by atoms with Crippen LogP contribution in [0.2, 0.25) is 0 Å². The van der Waals surface area contributed by atoms with Crippen molar-refractivity contribution in [3.8, 4) is 0 Å². The van der Waals surface area contributed by atoms with Crippen LogP contribution in [-0.2, 0) is 14.3 Å². The summed E-state index contributed by atoms with van der Waals surface area (Å²) in [6.45, 7) is 3.87. The molecule has 0 N–H and O–H groups in total. The quantitative estimate of drug-likeness (QED) is 0.503. The number of fused-ring (bicyclic) bond motifs is 1. The third-order valence-electron chi connectivity index (χ3n) is 6.00. The smallest absolute Gasteiger partial charge is 0.260 e. The molecule has 0 spiro atoms. The van der Waals surface area contributed by atoms with Gasteiger partial charge in [0.1, 0.15) is 11.3 Å². The van der Waals surface area contributed by atoms with Gasteiger partial charge in [-0.1, -0.05) is 17.4 Å². The molecule has 1 aromatic heterocycles. The molecule has 3 heterocycles. The summed E-state index contributed by atoms with van der Waals surface area (Å²) >= 11 is 1.27. The van der Waals surface area contributed by atoms with Gasteiger partial charge in [-0.05, 0) is 36.4 Å². The fourth-order valence-electron chi connectivity index (χ4n) is 4.14. The van der Waals surface area contributed by atoms with E-state index < -0.39 is 5.82 Å². The van der Waals surface area contributed by atoms with Crippen molar-refractivity contribution in [3.05, 3.63) is 53.8 Å². The van der Waals surface area contributed by atoms with Crippen LogP contribution in [0.5, 0.6) is 0 Å². The first kappa shape index (κ1) is 22.6. The standard InChI is InChI=1S/C24H23FN4O4S/c25-18-2-1-3-19-22(18)26-24(34-19)28(11-10-27-12-14-33-15-13-27)23(32)16-4-6-17(7-5-16)29-20(30)8-9-21(29)31/h1-7H,8-15H2. The Morgan fingerprint density at radius 1 is 1.06 bits per heavy atom. The summed E-state index contributed by atoms with van der Waals surface area (Å²) in [5, 5.41) is 0.423. The Balaban J connectivity index is 1.42. The largest absolute Gasteiger partial charge is 0.379 e. The highest BCUT2D eigenvalue weighted by Crippen LogP contribution is 2.31. The summed E-state index contributed by atoms with van der Waals surface area (Å²) in [6.07, 6.45) is 0.395. The Morgan fingerprint density at radius 3 is 2.44 bits per heavy atom. The minimum atomic E-state index is -0.426. The van der Waals surface area contributed by atoms with Crippen molar-refractivity contribution in [2.75, 3.05) is 49.2 Å². The molecule has 0 unspecified atom stereocenters. The highest BCUT2D eigenvalue weighted by atomic mass is 32.1. The molecule has 5 rings (SSSR count). The van der Waals surface area contributed by atoms with Gasteiger partial charge in [0.05, 0.1) is 23.6 Å². The lowest BCUT2D eigenvalue weighted by atomic mass is 10.1. The average molecular weight is 483 g/mol. The molecular formula is C24H23FN4O4S. The molecule has 2 saturated heterocycles. The molecule has 2 aromatic carbocycles. The van der Waals surface area contributed by atoms with Gasteiger partial charge in [0.15, 0.2) is 5.13 Å². The number of hydrogen-bond acceptors (Lipinski definition) is 7. The van der Waals surface area contributed by atoms with Gasteiger partial charge in [-0.2, -0.15) is 0 Å². The van der Waals surface area contributed by atoms with E-state index in [1.807, 2.05) is 0 Å². The van der Waals surface area contributed by atoms with Crippen LogP contribution in [0.15, 0.2) is 42.5 Å². The Hall–Kier alpha value is -3.21. The van der Waals surface area contributed by atoms with Gasteiger partial charge in [-0.25, -0.2) is 9.37 Å². The van der Waals surface area contributed by atoms with Crippen LogP contribution < -0.4 is 9.80 Å². The summed E-state index contributed by atoms with van der Waals surface area (Å²) in [4.78, 5) is 47.0. The van der Waals surface area contributed by atoms with E-state index in [-0.39, 0.29) is 36.1 Å². The number of nitrogens with zero attached hydrogens (tertiary/aromatic N) is 4. The molecule has 0 aliphatic carbocycles. The predicted molar refractivity (Wildman–Crippen MR) is 127 cm³/mol. The molecule has 10 heteroatoms. The number of aromatic nitrogens is 1. The number of hydrogen-bond donors (Lipinski definition) is 0. The van der Waals surface area contributed by atoms with Crippen molar-refractivity contribution in [1.29, 1.82) is 0 Å². The lowest BCUT2D eigenvalue weighted by Crippen LogP contribution is -2.43. The molecule has 8 nitrogen and oxygen atoms in total. The van der Waals surface area contributed by atoms with Gasteiger partial charge in [0.2, 0.25) is 11.8 Å². The number of anilines is 2. The first-order chi connectivity index (χ1) is 16.5. The topological polar surface area (TPSA) is 83.1 Å². The van der Waals surface area contributed by atoms with E-state index in [4.69, 9.17) is 4.74 Å². The summed E-state index contributed by atoms with van der Waals surface area (Å²) in [6, 6.07) is 11.2. The average Bonchev–Trinajstić information content (AvgIpc) is 3.43. The van der Waals surface area contributed by atoms with Crippen molar-refractivity contribution >= 4 is 50.1 Å². The number of ether oxygens (including phenoxy) is 1. The second-order valence-electron chi connectivity index (χ2n) is 8.16. The maximum absolute atomic E-state index is 14.3. The summed E-state index contributed by atoms with van der Waals surface area (Å²) in [7, 11) is 0. The Bertz CT molecular complexity index is 1220. The molecule has 3 aromatic rings. The molecule has 2 aliphatic rings. The van der Waals surface area contributed by atoms with Gasteiger partial charge < -0.3 is 4.74 Å². The molecule has 34 heavy (non-hydrogen) atoms. The van der Waals surface area contributed by atoms with Crippen molar-refractivity contribution in [1.82, 2.24) is 9.88 Å². The van der Waals surface area contributed by atoms with E-state index in [2.05, 4.69) is 9.88 Å². The van der Waals surface area contributed by atoms with E-state index in [9.17, 15) is 18.8 Å². The highest BCUT2D eigenvalue weighted by molar-refractivity contribution is 7.22. The molecule has 0 radical (unpaired) electrons. The fraction of sp³-hybridized carbons (Fsp3) is 0.333. The molecule has 0 saturated carbocycles. The lowest BCUT2D eigenvalue weighted by molar-refractivity contribution is -0.121. The number of carbonyl (C=O) groups excluding carboxylic acids is 3. The first-order valence-corrected chi connectivity index (χ1v) is 12.0.